The smallest absolute Gasteiger partial charge is 0.137 e. The highest BCUT2D eigenvalue weighted by molar-refractivity contribution is 5.15. The van der Waals surface area contributed by atoms with Gasteiger partial charge in [-0.05, 0) is 50.3 Å². The Bertz CT molecular complexity index is 440. The van der Waals surface area contributed by atoms with E-state index in [2.05, 4.69) is 10.3 Å². The molecular formula is C16H24N2O3. The van der Waals surface area contributed by atoms with Crippen LogP contribution < -0.4 is 10.1 Å². The zero-order valence-electron chi connectivity index (χ0n) is 12.2. The fraction of sp³-hybridized carbons (Fsp3) is 0.688. The molecule has 0 saturated heterocycles. The largest absolute Gasteiger partial charge is 0.491 e. The number of nitrogens with one attached hydrogen (secondary N) is 1. The Morgan fingerprint density at radius 2 is 2.05 bits per heavy atom. The second kappa shape index (κ2) is 6.30. The first kappa shape index (κ1) is 14.8. The van der Waals surface area contributed by atoms with Crippen molar-refractivity contribution < 1.29 is 14.9 Å². The van der Waals surface area contributed by atoms with Crippen molar-refractivity contribution in [3.05, 3.63) is 24.5 Å². The first-order valence-electron chi connectivity index (χ1n) is 7.77. The third-order valence-electron chi connectivity index (χ3n) is 4.54. The van der Waals surface area contributed by atoms with Crippen molar-refractivity contribution >= 4 is 0 Å². The number of aliphatic hydroxyl groups excluding tert-OH is 2. The van der Waals surface area contributed by atoms with E-state index in [0.29, 0.717) is 19.4 Å². The topological polar surface area (TPSA) is 74.6 Å². The molecule has 21 heavy (non-hydrogen) atoms. The van der Waals surface area contributed by atoms with Gasteiger partial charge in [-0.1, -0.05) is 0 Å². The van der Waals surface area contributed by atoms with Crippen LogP contribution in [0.15, 0.2) is 24.5 Å². The Labute approximate surface area is 125 Å². The van der Waals surface area contributed by atoms with E-state index >= 15 is 0 Å². The molecule has 3 N–H and O–H groups in total. The predicted molar refractivity (Wildman–Crippen MR) is 79.0 cm³/mol. The lowest BCUT2D eigenvalue weighted by atomic mass is 9.86. The fourth-order valence-corrected chi connectivity index (χ4v) is 3.09. The zero-order chi connectivity index (χ0) is 14.7. The lowest BCUT2D eigenvalue weighted by Crippen LogP contribution is -2.38. The quantitative estimate of drug-likeness (QED) is 0.698. The lowest BCUT2D eigenvalue weighted by molar-refractivity contribution is 0.0438. The maximum Gasteiger partial charge on any atom is 0.137 e. The molecule has 0 aliphatic heterocycles. The number of hydrogen-bond acceptors (Lipinski definition) is 5. The number of nitrogens with zero attached hydrogens (tertiary/aromatic N) is 1. The van der Waals surface area contributed by atoms with Crippen LogP contribution in [0.4, 0.5) is 0 Å². The number of aromatic nitrogens is 1. The van der Waals surface area contributed by atoms with Gasteiger partial charge in [0.1, 0.15) is 5.75 Å². The van der Waals surface area contributed by atoms with Crippen molar-refractivity contribution in [3.63, 3.8) is 0 Å². The van der Waals surface area contributed by atoms with Gasteiger partial charge in [-0.25, -0.2) is 0 Å². The molecule has 2 saturated carbocycles. The molecule has 1 unspecified atom stereocenters. The Balaban J connectivity index is 1.58. The molecule has 3 rings (SSSR count). The molecule has 0 amide bonds. The maximum absolute atomic E-state index is 9.91. The SMILES string of the molecule is O[C@@H]1CC(CNCC2CC2)(COc2cccnc2)C[C@@H]1O. The van der Waals surface area contributed by atoms with Crippen LogP contribution in [0.1, 0.15) is 25.7 Å². The summed E-state index contributed by atoms with van der Waals surface area (Å²) in [4.78, 5) is 4.04. The van der Waals surface area contributed by atoms with Gasteiger partial charge in [0, 0.05) is 18.2 Å². The number of rotatable bonds is 7. The maximum atomic E-state index is 9.91. The Hall–Kier alpha value is -1.17. The van der Waals surface area contributed by atoms with Gasteiger partial charge < -0.3 is 20.3 Å². The van der Waals surface area contributed by atoms with Gasteiger partial charge in [0.15, 0.2) is 0 Å². The van der Waals surface area contributed by atoms with Gasteiger partial charge in [0.2, 0.25) is 0 Å². The predicted octanol–water partition coefficient (Wildman–Crippen LogP) is 0.962. The molecule has 2 fully saturated rings. The summed E-state index contributed by atoms with van der Waals surface area (Å²) in [6.45, 7) is 2.29. The van der Waals surface area contributed by atoms with Gasteiger partial charge in [-0.15, -0.1) is 0 Å². The van der Waals surface area contributed by atoms with E-state index in [-0.39, 0.29) is 5.41 Å². The summed E-state index contributed by atoms with van der Waals surface area (Å²) in [5.41, 5.74) is -0.205. The van der Waals surface area contributed by atoms with Crippen molar-refractivity contribution in [2.45, 2.75) is 37.9 Å². The summed E-state index contributed by atoms with van der Waals surface area (Å²) in [6, 6.07) is 3.71. The van der Waals surface area contributed by atoms with Crippen LogP contribution in [0.2, 0.25) is 0 Å². The second-order valence-corrected chi connectivity index (χ2v) is 6.59. The summed E-state index contributed by atoms with van der Waals surface area (Å²) in [7, 11) is 0. The highest BCUT2D eigenvalue weighted by atomic mass is 16.5. The van der Waals surface area contributed by atoms with Crippen molar-refractivity contribution in [2.24, 2.45) is 11.3 Å². The van der Waals surface area contributed by atoms with E-state index in [1.54, 1.807) is 12.4 Å². The summed E-state index contributed by atoms with van der Waals surface area (Å²) < 4.78 is 5.84. The normalized spacial score (nSPS) is 32.3. The molecule has 3 atom stereocenters. The molecule has 116 valence electrons. The Morgan fingerprint density at radius 1 is 1.29 bits per heavy atom. The van der Waals surface area contributed by atoms with Crippen molar-refractivity contribution in [1.82, 2.24) is 10.3 Å². The van der Waals surface area contributed by atoms with Crippen molar-refractivity contribution in [2.75, 3.05) is 19.7 Å². The lowest BCUT2D eigenvalue weighted by Gasteiger charge is -2.29. The van der Waals surface area contributed by atoms with Crippen LogP contribution in [-0.4, -0.2) is 47.1 Å². The van der Waals surface area contributed by atoms with Crippen molar-refractivity contribution in [1.29, 1.82) is 0 Å². The van der Waals surface area contributed by atoms with E-state index in [0.717, 1.165) is 24.8 Å². The number of pyridine rings is 1. The van der Waals surface area contributed by atoms with E-state index in [1.165, 1.54) is 12.8 Å². The van der Waals surface area contributed by atoms with E-state index in [4.69, 9.17) is 4.74 Å². The summed E-state index contributed by atoms with van der Waals surface area (Å²) in [5.74, 6) is 1.55. The summed E-state index contributed by atoms with van der Waals surface area (Å²) in [6.07, 6.45) is 5.89. The second-order valence-electron chi connectivity index (χ2n) is 6.59. The standard InChI is InChI=1S/C16H24N2O3/c19-14-6-16(7-15(14)20,10-18-8-12-3-4-12)11-21-13-2-1-5-17-9-13/h1-2,5,9,12,14-15,18-20H,3-4,6-8,10-11H2/t14-,15+,16?. The first-order chi connectivity index (χ1) is 10.2. The highest BCUT2D eigenvalue weighted by Gasteiger charge is 2.44. The molecule has 0 aromatic carbocycles. The molecule has 0 spiro atoms. The van der Waals surface area contributed by atoms with Crippen LogP contribution >= 0.6 is 0 Å². The summed E-state index contributed by atoms with van der Waals surface area (Å²) in [5, 5.41) is 23.3. The monoisotopic (exact) mass is 292 g/mol. The van der Waals surface area contributed by atoms with Crippen LogP contribution in [0.5, 0.6) is 5.75 Å². The van der Waals surface area contributed by atoms with Crippen molar-refractivity contribution in [3.8, 4) is 5.75 Å². The molecule has 5 heteroatoms. The molecule has 1 aromatic rings. The van der Waals surface area contributed by atoms with E-state index in [1.807, 2.05) is 12.1 Å². The minimum Gasteiger partial charge on any atom is -0.491 e. The van der Waals surface area contributed by atoms with Crippen LogP contribution in [0.3, 0.4) is 0 Å². The Kier molecular flexibility index (Phi) is 4.42. The van der Waals surface area contributed by atoms with Gasteiger partial charge >= 0.3 is 0 Å². The molecule has 0 bridgehead atoms. The number of ether oxygens (including phenoxy) is 1. The van der Waals surface area contributed by atoms with Gasteiger partial charge in [-0.2, -0.15) is 0 Å². The molecule has 2 aliphatic carbocycles. The molecule has 1 aromatic heterocycles. The molecule has 5 nitrogen and oxygen atoms in total. The van der Waals surface area contributed by atoms with Gasteiger partial charge in [0.05, 0.1) is 25.0 Å². The third-order valence-corrected chi connectivity index (χ3v) is 4.54. The van der Waals surface area contributed by atoms with E-state index in [9.17, 15) is 10.2 Å². The molecule has 2 aliphatic rings. The molecular weight excluding hydrogens is 268 g/mol. The van der Waals surface area contributed by atoms with Crippen LogP contribution in [-0.2, 0) is 0 Å². The zero-order valence-corrected chi connectivity index (χ0v) is 12.2. The minimum absolute atomic E-state index is 0.205. The average molecular weight is 292 g/mol. The highest BCUT2D eigenvalue weighted by Crippen LogP contribution is 2.39. The average Bonchev–Trinajstić information content (AvgIpc) is 3.25. The third kappa shape index (κ3) is 3.93. The first-order valence-corrected chi connectivity index (χ1v) is 7.77. The van der Waals surface area contributed by atoms with E-state index < -0.39 is 12.2 Å². The minimum atomic E-state index is -0.648. The number of aliphatic hydroxyl groups is 2. The number of hydrogen-bond donors (Lipinski definition) is 3. The van der Waals surface area contributed by atoms with Gasteiger partial charge in [0.25, 0.3) is 0 Å². The molecule has 1 heterocycles. The summed E-state index contributed by atoms with van der Waals surface area (Å²) >= 11 is 0. The Morgan fingerprint density at radius 3 is 2.67 bits per heavy atom. The van der Waals surface area contributed by atoms with Crippen LogP contribution in [0, 0.1) is 11.3 Å². The molecule has 0 radical (unpaired) electrons. The fourth-order valence-electron chi connectivity index (χ4n) is 3.09. The van der Waals surface area contributed by atoms with Gasteiger partial charge in [-0.3, -0.25) is 4.98 Å². The van der Waals surface area contributed by atoms with Crippen LogP contribution in [0.25, 0.3) is 0 Å².